The van der Waals surface area contributed by atoms with Gasteiger partial charge in [0.1, 0.15) is 0 Å². The molecule has 1 heterocycles. The molecule has 106 valence electrons. The van der Waals surface area contributed by atoms with Crippen LogP contribution in [-0.2, 0) is 11.3 Å². The van der Waals surface area contributed by atoms with Crippen LogP contribution in [0.3, 0.4) is 0 Å². The van der Waals surface area contributed by atoms with Crippen molar-refractivity contribution < 1.29 is 4.79 Å². The normalized spacial score (nSPS) is 15.8. The molecule has 20 heavy (non-hydrogen) atoms. The predicted octanol–water partition coefficient (Wildman–Crippen LogP) is 0.554. The van der Waals surface area contributed by atoms with E-state index in [1.165, 1.54) is 5.56 Å². The molecular weight excluding hydrogens is 250 g/mol. The maximum absolute atomic E-state index is 11.9. The fraction of sp³-hybridized carbons (Fsp3) is 0.438. The molecule has 0 spiro atoms. The van der Waals surface area contributed by atoms with Crippen LogP contribution in [0.5, 0.6) is 0 Å². The van der Waals surface area contributed by atoms with Crippen LogP contribution in [0.15, 0.2) is 30.3 Å². The molecule has 0 bridgehead atoms. The van der Waals surface area contributed by atoms with E-state index in [9.17, 15) is 4.79 Å². The molecule has 1 N–H and O–H groups in total. The van der Waals surface area contributed by atoms with Crippen LogP contribution in [0.1, 0.15) is 5.56 Å². The van der Waals surface area contributed by atoms with E-state index in [1.807, 2.05) is 11.0 Å². The molecule has 1 aliphatic rings. The summed E-state index contributed by atoms with van der Waals surface area (Å²) in [5.74, 6) is 2.61. The topological polar surface area (TPSA) is 35.6 Å². The lowest BCUT2D eigenvalue weighted by molar-refractivity contribution is -0.132. The maximum atomic E-state index is 11.9. The van der Waals surface area contributed by atoms with Gasteiger partial charge in [-0.3, -0.25) is 15.0 Å². The molecule has 4 heteroatoms. The number of carbonyl (C=O) groups excluding carboxylic acids is 1. The van der Waals surface area contributed by atoms with Gasteiger partial charge in [-0.05, 0) is 5.56 Å². The minimum absolute atomic E-state index is 0.139. The van der Waals surface area contributed by atoms with Gasteiger partial charge in [-0.15, -0.1) is 6.42 Å². The molecule has 0 radical (unpaired) electrons. The second kappa shape index (κ2) is 7.68. The molecule has 1 amide bonds. The fourth-order valence-electron chi connectivity index (χ4n) is 2.35. The van der Waals surface area contributed by atoms with E-state index in [0.29, 0.717) is 13.1 Å². The molecule has 0 aromatic heterocycles. The van der Waals surface area contributed by atoms with Crippen molar-refractivity contribution in [3.05, 3.63) is 35.9 Å². The highest BCUT2D eigenvalue weighted by molar-refractivity contribution is 5.78. The van der Waals surface area contributed by atoms with E-state index in [0.717, 1.165) is 32.7 Å². The summed E-state index contributed by atoms with van der Waals surface area (Å²) in [7, 11) is 0. The van der Waals surface area contributed by atoms with Crippen LogP contribution in [-0.4, -0.2) is 55.0 Å². The number of piperazine rings is 1. The van der Waals surface area contributed by atoms with Gasteiger partial charge in [-0.1, -0.05) is 36.3 Å². The Kier molecular flexibility index (Phi) is 5.60. The van der Waals surface area contributed by atoms with Crippen molar-refractivity contribution in [3.8, 4) is 12.3 Å². The van der Waals surface area contributed by atoms with Gasteiger partial charge in [0.15, 0.2) is 0 Å². The van der Waals surface area contributed by atoms with Gasteiger partial charge >= 0.3 is 0 Å². The summed E-state index contributed by atoms with van der Waals surface area (Å²) >= 11 is 0. The fourth-order valence-corrected chi connectivity index (χ4v) is 2.35. The number of carbonyl (C=O) groups is 1. The van der Waals surface area contributed by atoms with E-state index < -0.39 is 0 Å². The van der Waals surface area contributed by atoms with Crippen LogP contribution >= 0.6 is 0 Å². The first-order chi connectivity index (χ1) is 9.79. The van der Waals surface area contributed by atoms with E-state index in [2.05, 4.69) is 40.4 Å². The summed E-state index contributed by atoms with van der Waals surface area (Å²) in [6, 6.07) is 10.4. The lowest BCUT2D eigenvalue weighted by Crippen LogP contribution is -2.50. The number of benzene rings is 1. The molecule has 1 aromatic rings. The zero-order chi connectivity index (χ0) is 14.2. The molecule has 1 saturated heterocycles. The zero-order valence-corrected chi connectivity index (χ0v) is 11.7. The number of terminal acetylenes is 1. The highest BCUT2D eigenvalue weighted by atomic mass is 16.2. The van der Waals surface area contributed by atoms with Gasteiger partial charge in [0.05, 0.1) is 13.1 Å². The number of nitrogens with one attached hydrogen (secondary N) is 1. The first kappa shape index (κ1) is 14.6. The van der Waals surface area contributed by atoms with Crippen molar-refractivity contribution in [2.45, 2.75) is 6.54 Å². The van der Waals surface area contributed by atoms with Gasteiger partial charge in [0, 0.05) is 32.7 Å². The van der Waals surface area contributed by atoms with Crippen LogP contribution in [0, 0.1) is 12.3 Å². The Morgan fingerprint density at radius 3 is 2.55 bits per heavy atom. The number of hydrogen-bond acceptors (Lipinski definition) is 3. The third-order valence-electron chi connectivity index (χ3n) is 3.48. The predicted molar refractivity (Wildman–Crippen MR) is 80.0 cm³/mol. The maximum Gasteiger partial charge on any atom is 0.236 e. The monoisotopic (exact) mass is 271 g/mol. The van der Waals surface area contributed by atoms with Gasteiger partial charge in [0.25, 0.3) is 0 Å². The smallest absolute Gasteiger partial charge is 0.236 e. The Labute approximate surface area is 120 Å². The van der Waals surface area contributed by atoms with Gasteiger partial charge < -0.3 is 4.90 Å². The number of nitrogens with zero attached hydrogens (tertiary/aromatic N) is 2. The van der Waals surface area contributed by atoms with Crippen LogP contribution in [0.4, 0.5) is 0 Å². The molecular formula is C16H21N3O. The summed E-state index contributed by atoms with van der Waals surface area (Å²) in [6.07, 6.45) is 5.14. The summed E-state index contributed by atoms with van der Waals surface area (Å²) < 4.78 is 0. The van der Waals surface area contributed by atoms with E-state index in [-0.39, 0.29) is 5.91 Å². The van der Waals surface area contributed by atoms with E-state index in [1.54, 1.807) is 0 Å². The molecule has 0 saturated carbocycles. The lowest BCUT2D eigenvalue weighted by Gasteiger charge is -2.34. The molecule has 0 unspecified atom stereocenters. The first-order valence-electron chi connectivity index (χ1n) is 6.98. The molecule has 1 fully saturated rings. The Morgan fingerprint density at radius 1 is 1.20 bits per heavy atom. The van der Waals surface area contributed by atoms with Crippen molar-refractivity contribution in [2.75, 3.05) is 39.3 Å². The minimum Gasteiger partial charge on any atom is -0.339 e. The number of rotatable bonds is 5. The average Bonchev–Trinajstić information content (AvgIpc) is 2.49. The molecule has 0 atom stereocenters. The average molecular weight is 271 g/mol. The molecule has 4 nitrogen and oxygen atoms in total. The summed E-state index contributed by atoms with van der Waals surface area (Å²) in [5.41, 5.74) is 1.32. The largest absolute Gasteiger partial charge is 0.339 e. The van der Waals surface area contributed by atoms with Gasteiger partial charge in [-0.2, -0.15) is 0 Å². The highest BCUT2D eigenvalue weighted by Crippen LogP contribution is 2.08. The Hall–Kier alpha value is -1.83. The minimum atomic E-state index is 0.139. The number of amides is 1. The highest BCUT2D eigenvalue weighted by Gasteiger charge is 2.20. The van der Waals surface area contributed by atoms with E-state index in [4.69, 9.17) is 6.42 Å². The van der Waals surface area contributed by atoms with Crippen molar-refractivity contribution in [2.24, 2.45) is 0 Å². The third kappa shape index (κ3) is 4.37. The van der Waals surface area contributed by atoms with Crippen LogP contribution < -0.4 is 5.32 Å². The molecule has 2 rings (SSSR count). The van der Waals surface area contributed by atoms with Gasteiger partial charge in [0.2, 0.25) is 5.91 Å². The molecule has 1 aromatic carbocycles. The Morgan fingerprint density at radius 2 is 1.90 bits per heavy atom. The van der Waals surface area contributed by atoms with Crippen molar-refractivity contribution >= 4 is 5.91 Å². The summed E-state index contributed by atoms with van der Waals surface area (Å²) in [5, 5.41) is 2.94. The van der Waals surface area contributed by atoms with E-state index >= 15 is 0 Å². The number of hydrogen-bond donors (Lipinski definition) is 1. The third-order valence-corrected chi connectivity index (χ3v) is 3.48. The van der Waals surface area contributed by atoms with Crippen LogP contribution in [0.2, 0.25) is 0 Å². The second-order valence-electron chi connectivity index (χ2n) is 4.95. The molecule has 0 aliphatic carbocycles. The standard InChI is InChI=1S/C16H21N3O/c1-2-8-17-13-16(20)19-11-9-18(10-12-19)14-15-6-4-3-5-7-15/h1,3-7,17H,8-14H2. The van der Waals surface area contributed by atoms with Crippen molar-refractivity contribution in [1.29, 1.82) is 0 Å². The summed E-state index contributed by atoms with van der Waals surface area (Å²) in [6.45, 7) is 5.18. The lowest BCUT2D eigenvalue weighted by atomic mass is 10.2. The quantitative estimate of drug-likeness (QED) is 0.628. The molecule has 1 aliphatic heterocycles. The Balaban J connectivity index is 1.72. The zero-order valence-electron chi connectivity index (χ0n) is 11.7. The SMILES string of the molecule is C#CCNCC(=O)N1CCN(Cc2ccccc2)CC1. The van der Waals surface area contributed by atoms with Gasteiger partial charge in [-0.25, -0.2) is 0 Å². The first-order valence-corrected chi connectivity index (χ1v) is 6.98. The van der Waals surface area contributed by atoms with Crippen LogP contribution in [0.25, 0.3) is 0 Å². The van der Waals surface area contributed by atoms with Crippen molar-refractivity contribution in [1.82, 2.24) is 15.1 Å². The summed E-state index contributed by atoms with van der Waals surface area (Å²) in [4.78, 5) is 16.2. The van der Waals surface area contributed by atoms with Crippen molar-refractivity contribution in [3.63, 3.8) is 0 Å². The second-order valence-corrected chi connectivity index (χ2v) is 4.95. The Bertz CT molecular complexity index is 458.